The lowest BCUT2D eigenvalue weighted by Gasteiger charge is -2.23. The molecule has 0 bridgehead atoms. The molecule has 2 heterocycles. The summed E-state index contributed by atoms with van der Waals surface area (Å²) in [5.41, 5.74) is 1.88. The fourth-order valence-corrected chi connectivity index (χ4v) is 3.82. The summed E-state index contributed by atoms with van der Waals surface area (Å²) in [6.07, 6.45) is 1.79. The molecule has 2 N–H and O–H groups in total. The predicted octanol–water partition coefficient (Wildman–Crippen LogP) is 4.37. The molecule has 2 amide bonds. The average molecular weight is 467 g/mol. The van der Waals surface area contributed by atoms with Gasteiger partial charge in [-0.2, -0.15) is 0 Å². The van der Waals surface area contributed by atoms with E-state index in [0.717, 1.165) is 0 Å². The number of nitro groups is 1. The first-order valence-electron chi connectivity index (χ1n) is 10.1. The lowest BCUT2D eigenvalue weighted by Crippen LogP contribution is -2.32. The highest BCUT2D eigenvalue weighted by Crippen LogP contribution is 2.35. The van der Waals surface area contributed by atoms with Gasteiger partial charge in [-0.3, -0.25) is 19.7 Å². The minimum absolute atomic E-state index is 0.110. The van der Waals surface area contributed by atoms with E-state index in [1.807, 2.05) is 0 Å². The van der Waals surface area contributed by atoms with Gasteiger partial charge in [0.05, 0.1) is 22.9 Å². The second-order valence-corrected chi connectivity index (χ2v) is 7.94. The number of aliphatic hydroxyl groups is 1. The number of anilines is 2. The first-order valence-corrected chi connectivity index (χ1v) is 10.5. The third-order valence-corrected chi connectivity index (χ3v) is 5.56. The summed E-state index contributed by atoms with van der Waals surface area (Å²) in [7, 11) is 0. The van der Waals surface area contributed by atoms with E-state index >= 15 is 0 Å². The van der Waals surface area contributed by atoms with Crippen molar-refractivity contribution in [2.75, 3.05) is 16.8 Å². The molecule has 1 aromatic heterocycles. The highest BCUT2D eigenvalue weighted by molar-refractivity contribution is 6.30. The molecule has 0 saturated heterocycles. The molecule has 0 fully saturated rings. The largest absolute Gasteiger partial charge is 0.388 e. The molecule has 1 aliphatic heterocycles. The van der Waals surface area contributed by atoms with Crippen molar-refractivity contribution in [1.29, 1.82) is 0 Å². The molecule has 33 heavy (non-hydrogen) atoms. The van der Waals surface area contributed by atoms with E-state index in [0.29, 0.717) is 41.3 Å². The summed E-state index contributed by atoms with van der Waals surface area (Å²) in [6.45, 7) is 0.421. The van der Waals surface area contributed by atoms with Crippen LogP contribution >= 0.6 is 11.6 Å². The molecular weight excluding hydrogens is 448 g/mol. The molecular formula is C23H19ClN4O5. The van der Waals surface area contributed by atoms with E-state index in [4.69, 9.17) is 11.6 Å². The Morgan fingerprint density at radius 3 is 2.58 bits per heavy atom. The van der Waals surface area contributed by atoms with Crippen LogP contribution < -0.4 is 10.2 Å². The molecule has 0 aliphatic carbocycles. The van der Waals surface area contributed by atoms with Gasteiger partial charge in [0, 0.05) is 40.5 Å². The molecule has 1 unspecified atom stereocenters. The van der Waals surface area contributed by atoms with E-state index in [9.17, 15) is 24.8 Å². The topological polar surface area (TPSA) is 126 Å². The number of carbonyl (C=O) groups is 2. The van der Waals surface area contributed by atoms with Gasteiger partial charge in [0.1, 0.15) is 5.69 Å². The number of fused-ring (bicyclic) bond motifs is 1. The van der Waals surface area contributed by atoms with E-state index in [2.05, 4.69) is 10.3 Å². The minimum Gasteiger partial charge on any atom is -0.388 e. The summed E-state index contributed by atoms with van der Waals surface area (Å²) in [5.74, 6) is -0.793. The zero-order chi connectivity index (χ0) is 23.5. The van der Waals surface area contributed by atoms with Crippen LogP contribution in [0.25, 0.3) is 0 Å². The molecule has 10 heteroatoms. The van der Waals surface area contributed by atoms with Crippen molar-refractivity contribution in [1.82, 2.24) is 4.98 Å². The maximum atomic E-state index is 13.2. The van der Waals surface area contributed by atoms with Gasteiger partial charge in [0.15, 0.2) is 0 Å². The fourth-order valence-electron chi connectivity index (χ4n) is 3.64. The van der Waals surface area contributed by atoms with Gasteiger partial charge in [-0.1, -0.05) is 11.6 Å². The van der Waals surface area contributed by atoms with Crippen molar-refractivity contribution >= 4 is 40.5 Å². The molecule has 1 aliphatic rings. The quantitative estimate of drug-likeness (QED) is 0.434. The number of nitrogens with one attached hydrogen (secondary N) is 1. The van der Waals surface area contributed by atoms with Crippen LogP contribution in [0.4, 0.5) is 17.1 Å². The SMILES string of the molecule is O=C(Nc1ccc(C(=O)N2CCCC(O)c3cc(Cl)ccc32)nc1)c1ccc([N+](=O)[O-])cc1. The third kappa shape index (κ3) is 4.84. The second kappa shape index (κ2) is 9.35. The monoisotopic (exact) mass is 466 g/mol. The number of hydrogen-bond donors (Lipinski definition) is 2. The van der Waals surface area contributed by atoms with Crippen LogP contribution in [0.1, 0.15) is 45.4 Å². The number of carbonyl (C=O) groups excluding carboxylic acids is 2. The summed E-state index contributed by atoms with van der Waals surface area (Å²) < 4.78 is 0. The van der Waals surface area contributed by atoms with E-state index in [1.165, 1.54) is 36.5 Å². The Morgan fingerprint density at radius 1 is 1.15 bits per heavy atom. The van der Waals surface area contributed by atoms with Gasteiger partial charge in [0.25, 0.3) is 17.5 Å². The van der Waals surface area contributed by atoms with Crippen LogP contribution in [-0.2, 0) is 0 Å². The Morgan fingerprint density at radius 2 is 1.91 bits per heavy atom. The summed E-state index contributed by atoms with van der Waals surface area (Å²) >= 11 is 6.07. The number of benzene rings is 2. The van der Waals surface area contributed by atoms with Crippen LogP contribution in [0.5, 0.6) is 0 Å². The van der Waals surface area contributed by atoms with Gasteiger partial charge in [0.2, 0.25) is 0 Å². The van der Waals surface area contributed by atoms with Crippen LogP contribution in [0.3, 0.4) is 0 Å². The van der Waals surface area contributed by atoms with Crippen molar-refractivity contribution in [3.05, 3.63) is 92.8 Å². The number of pyridine rings is 1. The first-order chi connectivity index (χ1) is 15.8. The molecule has 3 aromatic rings. The molecule has 1 atom stereocenters. The predicted molar refractivity (Wildman–Crippen MR) is 123 cm³/mol. The standard InChI is InChI=1S/C23H19ClN4O5/c24-15-5-10-20-18(12-15)21(29)2-1-11-27(20)23(31)19-9-6-16(13-25-19)26-22(30)14-3-7-17(8-4-14)28(32)33/h3-10,12-13,21,29H,1-2,11H2,(H,26,30). The molecule has 4 rings (SSSR count). The summed E-state index contributed by atoms with van der Waals surface area (Å²) in [6, 6.07) is 13.3. The Hall–Kier alpha value is -3.82. The Kier molecular flexibility index (Phi) is 6.34. The van der Waals surface area contributed by atoms with E-state index < -0.39 is 16.9 Å². The fraction of sp³-hybridized carbons (Fsp3) is 0.174. The smallest absolute Gasteiger partial charge is 0.276 e. The number of aliphatic hydroxyl groups excluding tert-OH is 1. The van der Waals surface area contributed by atoms with E-state index in [1.54, 1.807) is 29.2 Å². The maximum absolute atomic E-state index is 13.2. The average Bonchev–Trinajstić information content (AvgIpc) is 2.97. The van der Waals surface area contributed by atoms with Crippen LogP contribution in [0, 0.1) is 10.1 Å². The number of aromatic nitrogens is 1. The first kappa shape index (κ1) is 22.4. The molecule has 0 spiro atoms. The number of nitro benzene ring substituents is 1. The number of nitrogens with zero attached hydrogens (tertiary/aromatic N) is 3. The zero-order valence-electron chi connectivity index (χ0n) is 17.3. The third-order valence-electron chi connectivity index (χ3n) is 5.32. The number of halogens is 1. The van der Waals surface area contributed by atoms with Gasteiger partial charge < -0.3 is 15.3 Å². The normalized spacial score (nSPS) is 15.3. The molecule has 168 valence electrons. The Labute approximate surface area is 193 Å². The Balaban J connectivity index is 1.50. The Bertz CT molecular complexity index is 1210. The van der Waals surface area contributed by atoms with E-state index in [-0.39, 0.29) is 22.9 Å². The van der Waals surface area contributed by atoms with Crippen molar-refractivity contribution in [3.63, 3.8) is 0 Å². The molecule has 0 saturated carbocycles. The highest BCUT2D eigenvalue weighted by Gasteiger charge is 2.27. The lowest BCUT2D eigenvalue weighted by atomic mass is 10.0. The number of rotatable bonds is 4. The highest BCUT2D eigenvalue weighted by atomic mass is 35.5. The summed E-state index contributed by atoms with van der Waals surface area (Å²) in [4.78, 5) is 41.5. The van der Waals surface area contributed by atoms with Crippen molar-refractivity contribution in [2.24, 2.45) is 0 Å². The molecule has 9 nitrogen and oxygen atoms in total. The lowest BCUT2D eigenvalue weighted by molar-refractivity contribution is -0.384. The van der Waals surface area contributed by atoms with Crippen LogP contribution in [-0.4, -0.2) is 33.4 Å². The minimum atomic E-state index is -0.707. The number of amides is 2. The second-order valence-electron chi connectivity index (χ2n) is 7.51. The summed E-state index contributed by atoms with van der Waals surface area (Å²) in [5, 5.41) is 24.3. The van der Waals surface area contributed by atoms with Crippen molar-refractivity contribution in [2.45, 2.75) is 18.9 Å². The van der Waals surface area contributed by atoms with Crippen LogP contribution in [0.15, 0.2) is 60.8 Å². The van der Waals surface area contributed by atoms with Gasteiger partial charge in [-0.15, -0.1) is 0 Å². The van der Waals surface area contributed by atoms with Crippen LogP contribution in [0.2, 0.25) is 5.02 Å². The molecule has 2 aromatic carbocycles. The van der Waals surface area contributed by atoms with Gasteiger partial charge >= 0.3 is 0 Å². The number of hydrogen-bond acceptors (Lipinski definition) is 6. The van der Waals surface area contributed by atoms with Gasteiger partial charge in [-0.25, -0.2) is 4.98 Å². The van der Waals surface area contributed by atoms with Crippen molar-refractivity contribution < 1.29 is 19.6 Å². The molecule has 0 radical (unpaired) electrons. The number of non-ortho nitro benzene ring substituents is 1. The maximum Gasteiger partial charge on any atom is 0.276 e. The zero-order valence-corrected chi connectivity index (χ0v) is 18.0. The van der Waals surface area contributed by atoms with Gasteiger partial charge in [-0.05, 0) is 55.3 Å². The van der Waals surface area contributed by atoms with Crippen molar-refractivity contribution in [3.8, 4) is 0 Å².